The van der Waals surface area contributed by atoms with Crippen LogP contribution in [0.25, 0.3) is 0 Å². The molecule has 0 aromatic carbocycles. The van der Waals surface area contributed by atoms with Crippen molar-refractivity contribution in [1.82, 2.24) is 10.6 Å². The van der Waals surface area contributed by atoms with E-state index in [1.165, 1.54) is 44.9 Å². The van der Waals surface area contributed by atoms with Crippen LogP contribution in [0.2, 0.25) is 0 Å². The predicted molar refractivity (Wildman–Crippen MR) is 74.4 cm³/mol. The first-order valence-electron chi connectivity index (χ1n) is 7.76. The quantitative estimate of drug-likeness (QED) is 0.807. The molecule has 1 heterocycles. The molecule has 3 nitrogen and oxygen atoms in total. The molecule has 1 amide bonds. The molecule has 0 aromatic rings. The number of carbonyl (C=O) groups is 1. The van der Waals surface area contributed by atoms with Crippen LogP contribution in [0.1, 0.15) is 58.3 Å². The fraction of sp³-hybridized carbons (Fsp3) is 0.933. The number of amides is 1. The lowest BCUT2D eigenvalue weighted by Crippen LogP contribution is -2.39. The molecule has 0 bridgehead atoms. The summed E-state index contributed by atoms with van der Waals surface area (Å²) in [5.74, 6) is 1.48. The maximum absolute atomic E-state index is 12.0. The molecule has 2 rings (SSSR count). The summed E-state index contributed by atoms with van der Waals surface area (Å²) in [5.41, 5.74) is 0. The summed E-state index contributed by atoms with van der Waals surface area (Å²) in [6.45, 7) is 4.48. The lowest BCUT2D eigenvalue weighted by Gasteiger charge is -2.29. The van der Waals surface area contributed by atoms with Gasteiger partial charge in [-0.2, -0.15) is 0 Å². The molecule has 2 unspecified atom stereocenters. The van der Waals surface area contributed by atoms with E-state index in [2.05, 4.69) is 17.6 Å². The smallest absolute Gasteiger partial charge is 0.220 e. The van der Waals surface area contributed by atoms with E-state index in [0.717, 1.165) is 13.1 Å². The predicted octanol–water partition coefficient (Wildman–Crippen LogP) is 2.46. The van der Waals surface area contributed by atoms with Gasteiger partial charge in [-0.1, -0.05) is 26.2 Å². The Morgan fingerprint density at radius 2 is 2.00 bits per heavy atom. The van der Waals surface area contributed by atoms with Crippen LogP contribution in [0.3, 0.4) is 0 Å². The van der Waals surface area contributed by atoms with Gasteiger partial charge < -0.3 is 10.6 Å². The summed E-state index contributed by atoms with van der Waals surface area (Å²) in [6.07, 6.45) is 9.54. The van der Waals surface area contributed by atoms with Crippen LogP contribution in [0.4, 0.5) is 0 Å². The largest absolute Gasteiger partial charge is 0.353 e. The van der Waals surface area contributed by atoms with Crippen LogP contribution in [0.15, 0.2) is 0 Å². The van der Waals surface area contributed by atoms with E-state index >= 15 is 0 Å². The monoisotopic (exact) mass is 252 g/mol. The van der Waals surface area contributed by atoms with Gasteiger partial charge in [0.1, 0.15) is 0 Å². The van der Waals surface area contributed by atoms with Gasteiger partial charge >= 0.3 is 0 Å². The summed E-state index contributed by atoms with van der Waals surface area (Å²) in [5, 5.41) is 6.67. The van der Waals surface area contributed by atoms with Gasteiger partial charge in [0.2, 0.25) is 5.91 Å². The van der Waals surface area contributed by atoms with Gasteiger partial charge in [0, 0.05) is 12.5 Å². The molecular formula is C15H28N2O. The zero-order valence-corrected chi connectivity index (χ0v) is 11.7. The summed E-state index contributed by atoms with van der Waals surface area (Å²) in [4.78, 5) is 12.0. The number of hydrogen-bond acceptors (Lipinski definition) is 2. The highest BCUT2D eigenvalue weighted by atomic mass is 16.1. The third-order valence-corrected chi connectivity index (χ3v) is 4.62. The molecule has 18 heavy (non-hydrogen) atoms. The maximum Gasteiger partial charge on any atom is 0.220 e. The zero-order chi connectivity index (χ0) is 12.8. The molecule has 2 fully saturated rings. The summed E-state index contributed by atoms with van der Waals surface area (Å²) in [6, 6.07) is 0.461. The number of carbonyl (C=O) groups excluding carboxylic acids is 1. The van der Waals surface area contributed by atoms with Gasteiger partial charge in [-0.15, -0.1) is 0 Å². The minimum atomic E-state index is 0.278. The van der Waals surface area contributed by atoms with E-state index in [1.54, 1.807) is 0 Å². The molecule has 1 saturated carbocycles. The second-order valence-corrected chi connectivity index (χ2v) is 6.19. The first-order valence-corrected chi connectivity index (χ1v) is 7.76. The Hall–Kier alpha value is -0.570. The van der Waals surface area contributed by atoms with Crippen molar-refractivity contribution < 1.29 is 4.79 Å². The Balaban J connectivity index is 1.68. The fourth-order valence-electron chi connectivity index (χ4n) is 3.36. The highest BCUT2D eigenvalue weighted by Gasteiger charge is 2.23. The maximum atomic E-state index is 12.0. The lowest BCUT2D eigenvalue weighted by molar-refractivity contribution is -0.123. The Bertz CT molecular complexity index is 255. The van der Waals surface area contributed by atoms with Crippen molar-refractivity contribution in [2.24, 2.45) is 11.8 Å². The molecule has 1 aliphatic carbocycles. The first kappa shape index (κ1) is 13.9. The van der Waals surface area contributed by atoms with Crippen molar-refractivity contribution in [3.63, 3.8) is 0 Å². The van der Waals surface area contributed by atoms with Crippen molar-refractivity contribution in [3.05, 3.63) is 0 Å². The van der Waals surface area contributed by atoms with Crippen LogP contribution in [-0.4, -0.2) is 25.0 Å². The van der Waals surface area contributed by atoms with E-state index < -0.39 is 0 Å². The molecule has 3 heteroatoms. The molecule has 1 saturated heterocycles. The number of nitrogens with one attached hydrogen (secondary N) is 2. The van der Waals surface area contributed by atoms with Crippen molar-refractivity contribution in [1.29, 1.82) is 0 Å². The van der Waals surface area contributed by atoms with Crippen molar-refractivity contribution in [2.45, 2.75) is 64.3 Å². The van der Waals surface area contributed by atoms with Crippen LogP contribution in [0.5, 0.6) is 0 Å². The van der Waals surface area contributed by atoms with Gasteiger partial charge in [-0.3, -0.25) is 4.79 Å². The first-order chi connectivity index (χ1) is 8.75. The third-order valence-electron chi connectivity index (χ3n) is 4.62. The van der Waals surface area contributed by atoms with E-state index in [1.807, 2.05) is 0 Å². The average molecular weight is 252 g/mol. The second-order valence-electron chi connectivity index (χ2n) is 6.19. The van der Waals surface area contributed by atoms with Gasteiger partial charge in [-0.25, -0.2) is 0 Å². The van der Waals surface area contributed by atoms with E-state index in [-0.39, 0.29) is 5.91 Å². The summed E-state index contributed by atoms with van der Waals surface area (Å²) < 4.78 is 0. The minimum absolute atomic E-state index is 0.278. The molecule has 0 aromatic heterocycles. The molecule has 2 atom stereocenters. The molecule has 2 N–H and O–H groups in total. The Morgan fingerprint density at radius 1 is 1.22 bits per heavy atom. The number of piperidine rings is 1. The standard InChI is InChI=1S/C15H28N2O/c1-12(13-6-5-9-16-11-13)10-15(18)17-14-7-3-2-4-8-14/h12-14,16H,2-11H2,1H3,(H,17,18). The van der Waals surface area contributed by atoms with Gasteiger partial charge in [0.25, 0.3) is 0 Å². The van der Waals surface area contributed by atoms with Crippen molar-refractivity contribution in [2.75, 3.05) is 13.1 Å². The van der Waals surface area contributed by atoms with Crippen LogP contribution < -0.4 is 10.6 Å². The highest BCUT2D eigenvalue weighted by Crippen LogP contribution is 2.23. The van der Waals surface area contributed by atoms with E-state index in [0.29, 0.717) is 24.3 Å². The van der Waals surface area contributed by atoms with Crippen molar-refractivity contribution in [3.8, 4) is 0 Å². The molecule has 104 valence electrons. The van der Waals surface area contributed by atoms with E-state index in [9.17, 15) is 4.79 Å². The Morgan fingerprint density at radius 3 is 2.67 bits per heavy atom. The Kier molecular flexibility index (Phi) is 5.48. The van der Waals surface area contributed by atoms with Crippen molar-refractivity contribution >= 4 is 5.91 Å². The molecule has 2 aliphatic rings. The SMILES string of the molecule is CC(CC(=O)NC1CCCCC1)C1CCCNC1. The summed E-state index contributed by atoms with van der Waals surface area (Å²) in [7, 11) is 0. The highest BCUT2D eigenvalue weighted by molar-refractivity contribution is 5.76. The minimum Gasteiger partial charge on any atom is -0.353 e. The van der Waals surface area contributed by atoms with Gasteiger partial charge in [0.15, 0.2) is 0 Å². The molecule has 1 aliphatic heterocycles. The zero-order valence-electron chi connectivity index (χ0n) is 11.7. The fourth-order valence-corrected chi connectivity index (χ4v) is 3.36. The third kappa shape index (κ3) is 4.27. The topological polar surface area (TPSA) is 41.1 Å². The lowest BCUT2D eigenvalue weighted by atomic mass is 9.85. The normalized spacial score (nSPS) is 27.7. The molecule has 0 spiro atoms. The van der Waals surface area contributed by atoms with Crippen LogP contribution in [-0.2, 0) is 4.79 Å². The van der Waals surface area contributed by atoms with Gasteiger partial charge in [0.05, 0.1) is 0 Å². The van der Waals surface area contributed by atoms with E-state index in [4.69, 9.17) is 0 Å². The van der Waals surface area contributed by atoms with Crippen LogP contribution >= 0.6 is 0 Å². The number of rotatable bonds is 4. The average Bonchev–Trinajstić information content (AvgIpc) is 2.40. The molecular weight excluding hydrogens is 224 g/mol. The van der Waals surface area contributed by atoms with Gasteiger partial charge in [-0.05, 0) is 50.6 Å². The second kappa shape index (κ2) is 7.13. The summed E-state index contributed by atoms with van der Waals surface area (Å²) >= 11 is 0. The Labute approximate surface area is 111 Å². The van der Waals surface area contributed by atoms with Crippen LogP contribution in [0, 0.1) is 11.8 Å². The number of hydrogen-bond donors (Lipinski definition) is 2. The molecule has 0 radical (unpaired) electrons.